The van der Waals surface area contributed by atoms with Crippen molar-refractivity contribution in [2.75, 3.05) is 13.1 Å². The van der Waals surface area contributed by atoms with Crippen LogP contribution in [0.5, 0.6) is 0 Å². The Morgan fingerprint density at radius 3 is 3.13 bits per heavy atom. The van der Waals surface area contributed by atoms with Crippen LogP contribution in [0.15, 0.2) is 24.7 Å². The summed E-state index contributed by atoms with van der Waals surface area (Å²) in [7, 11) is 0. The molecule has 4 nitrogen and oxygen atoms in total. The molecule has 0 atom stereocenters. The summed E-state index contributed by atoms with van der Waals surface area (Å²) < 4.78 is 0. The highest BCUT2D eigenvalue weighted by molar-refractivity contribution is 5.88. The van der Waals surface area contributed by atoms with Crippen molar-refractivity contribution in [3.8, 4) is 0 Å². The lowest BCUT2D eigenvalue weighted by Crippen LogP contribution is -2.20. The van der Waals surface area contributed by atoms with E-state index in [-0.39, 0.29) is 0 Å². The molecule has 0 unspecified atom stereocenters. The monoisotopic (exact) mass is 200 g/mol. The van der Waals surface area contributed by atoms with Crippen LogP contribution in [-0.2, 0) is 0 Å². The summed E-state index contributed by atoms with van der Waals surface area (Å²) in [4.78, 5) is 11.7. The maximum absolute atomic E-state index is 4.38. The molecule has 0 amide bonds. The van der Waals surface area contributed by atoms with Gasteiger partial charge in [-0.3, -0.25) is 0 Å². The first-order valence-corrected chi connectivity index (χ1v) is 5.13. The first-order valence-electron chi connectivity index (χ1n) is 5.13. The summed E-state index contributed by atoms with van der Waals surface area (Å²) >= 11 is 0. The van der Waals surface area contributed by atoms with E-state index in [4.69, 9.17) is 0 Å². The van der Waals surface area contributed by atoms with Crippen molar-refractivity contribution in [3.63, 3.8) is 0 Å². The minimum atomic E-state index is 0.916. The standard InChI is InChI=1S/C11H12N4/c1-4-12-5-2-8(1)10-9-3-6-13-11(9)15-7-14-10/h1,3,6-7,12H,2,4-5H2,(H,13,14,15). The van der Waals surface area contributed by atoms with Crippen LogP contribution in [0.1, 0.15) is 12.1 Å². The third kappa shape index (κ3) is 1.43. The molecule has 0 saturated carbocycles. The van der Waals surface area contributed by atoms with E-state index in [2.05, 4.69) is 26.3 Å². The van der Waals surface area contributed by atoms with Crippen LogP contribution in [0.4, 0.5) is 0 Å². The zero-order valence-electron chi connectivity index (χ0n) is 8.33. The number of rotatable bonds is 1. The number of nitrogens with zero attached hydrogens (tertiary/aromatic N) is 2. The molecular formula is C11H12N4. The molecule has 0 fully saturated rings. The molecular weight excluding hydrogens is 188 g/mol. The first kappa shape index (κ1) is 8.61. The zero-order valence-corrected chi connectivity index (χ0v) is 8.33. The molecule has 3 heterocycles. The highest BCUT2D eigenvalue weighted by Gasteiger charge is 2.11. The van der Waals surface area contributed by atoms with Crippen molar-refractivity contribution in [2.45, 2.75) is 6.42 Å². The SMILES string of the molecule is C1=C(c2ncnc3[nH]ccc23)CCNC1. The van der Waals surface area contributed by atoms with Crippen LogP contribution >= 0.6 is 0 Å². The fourth-order valence-corrected chi connectivity index (χ4v) is 1.97. The van der Waals surface area contributed by atoms with Crippen molar-refractivity contribution < 1.29 is 0 Å². The van der Waals surface area contributed by atoms with Crippen LogP contribution in [0, 0.1) is 0 Å². The van der Waals surface area contributed by atoms with E-state index in [0.717, 1.165) is 36.2 Å². The van der Waals surface area contributed by atoms with Gasteiger partial charge in [0.15, 0.2) is 0 Å². The van der Waals surface area contributed by atoms with E-state index in [1.165, 1.54) is 5.57 Å². The maximum Gasteiger partial charge on any atom is 0.141 e. The van der Waals surface area contributed by atoms with Crippen molar-refractivity contribution in [2.24, 2.45) is 0 Å². The lowest BCUT2D eigenvalue weighted by molar-refractivity contribution is 0.737. The molecule has 1 aliphatic rings. The second kappa shape index (κ2) is 3.47. The predicted molar refractivity (Wildman–Crippen MR) is 59.4 cm³/mol. The second-order valence-corrected chi connectivity index (χ2v) is 3.65. The van der Waals surface area contributed by atoms with Gasteiger partial charge in [0.25, 0.3) is 0 Å². The van der Waals surface area contributed by atoms with Gasteiger partial charge in [0, 0.05) is 18.1 Å². The predicted octanol–water partition coefficient (Wildman–Crippen LogP) is 1.33. The zero-order chi connectivity index (χ0) is 10.1. The summed E-state index contributed by atoms with van der Waals surface area (Å²) in [6, 6.07) is 2.04. The van der Waals surface area contributed by atoms with Crippen molar-refractivity contribution in [3.05, 3.63) is 30.4 Å². The molecule has 2 N–H and O–H groups in total. The van der Waals surface area contributed by atoms with E-state index in [1.807, 2.05) is 12.3 Å². The Labute approximate surface area is 87.4 Å². The highest BCUT2D eigenvalue weighted by atomic mass is 14.9. The van der Waals surface area contributed by atoms with Gasteiger partial charge < -0.3 is 10.3 Å². The summed E-state index contributed by atoms with van der Waals surface area (Å²) in [6.45, 7) is 1.97. The molecule has 0 bridgehead atoms. The van der Waals surface area contributed by atoms with Gasteiger partial charge in [-0.2, -0.15) is 0 Å². The number of H-pyrrole nitrogens is 1. The molecule has 0 spiro atoms. The minimum absolute atomic E-state index is 0.916. The van der Waals surface area contributed by atoms with Crippen LogP contribution in [0.2, 0.25) is 0 Å². The molecule has 2 aromatic heterocycles. The van der Waals surface area contributed by atoms with Crippen molar-refractivity contribution in [1.29, 1.82) is 0 Å². The van der Waals surface area contributed by atoms with Crippen LogP contribution in [0.25, 0.3) is 16.6 Å². The van der Waals surface area contributed by atoms with Gasteiger partial charge in [-0.25, -0.2) is 9.97 Å². The van der Waals surface area contributed by atoms with E-state index in [0.29, 0.717) is 0 Å². The molecule has 0 aliphatic carbocycles. The maximum atomic E-state index is 4.38. The summed E-state index contributed by atoms with van der Waals surface area (Å²) in [5, 5.41) is 4.42. The normalized spacial score (nSPS) is 16.7. The smallest absolute Gasteiger partial charge is 0.141 e. The molecule has 15 heavy (non-hydrogen) atoms. The van der Waals surface area contributed by atoms with Crippen LogP contribution in [0.3, 0.4) is 0 Å². The van der Waals surface area contributed by atoms with Crippen LogP contribution < -0.4 is 5.32 Å². The van der Waals surface area contributed by atoms with Gasteiger partial charge in [0.05, 0.1) is 5.69 Å². The average molecular weight is 200 g/mol. The number of nitrogens with one attached hydrogen (secondary N) is 2. The first-order chi connectivity index (χ1) is 7.45. The summed E-state index contributed by atoms with van der Waals surface area (Å²) in [5.41, 5.74) is 3.31. The Balaban J connectivity index is 2.17. The highest BCUT2D eigenvalue weighted by Crippen LogP contribution is 2.23. The molecule has 1 aliphatic heterocycles. The van der Waals surface area contributed by atoms with Gasteiger partial charge in [-0.05, 0) is 24.6 Å². The van der Waals surface area contributed by atoms with Crippen LogP contribution in [-0.4, -0.2) is 28.0 Å². The van der Waals surface area contributed by atoms with Crippen molar-refractivity contribution >= 4 is 16.6 Å². The Morgan fingerprint density at radius 2 is 2.27 bits per heavy atom. The number of aromatic nitrogens is 3. The van der Waals surface area contributed by atoms with Crippen molar-refractivity contribution in [1.82, 2.24) is 20.3 Å². The Bertz CT molecular complexity index is 512. The third-order valence-electron chi connectivity index (χ3n) is 2.72. The van der Waals surface area contributed by atoms with E-state index < -0.39 is 0 Å². The molecule has 0 radical (unpaired) electrons. The molecule has 0 aromatic carbocycles. The average Bonchev–Trinajstić information content (AvgIpc) is 2.78. The largest absolute Gasteiger partial charge is 0.346 e. The molecule has 3 rings (SSSR count). The topological polar surface area (TPSA) is 53.6 Å². The third-order valence-corrected chi connectivity index (χ3v) is 2.72. The fraction of sp³-hybridized carbons (Fsp3) is 0.273. The molecule has 76 valence electrons. The Morgan fingerprint density at radius 1 is 1.27 bits per heavy atom. The van der Waals surface area contributed by atoms with Gasteiger partial charge in [-0.1, -0.05) is 6.08 Å². The Kier molecular flexibility index (Phi) is 1.99. The summed E-state index contributed by atoms with van der Waals surface area (Å²) in [5.74, 6) is 0. The van der Waals surface area contributed by atoms with Gasteiger partial charge in [0.1, 0.15) is 12.0 Å². The second-order valence-electron chi connectivity index (χ2n) is 3.65. The molecule has 4 heteroatoms. The van der Waals surface area contributed by atoms with Gasteiger partial charge in [0.2, 0.25) is 0 Å². The van der Waals surface area contributed by atoms with E-state index in [1.54, 1.807) is 6.33 Å². The lowest BCUT2D eigenvalue weighted by Gasteiger charge is -2.13. The Hall–Kier alpha value is -1.68. The fourth-order valence-electron chi connectivity index (χ4n) is 1.97. The molecule has 2 aromatic rings. The lowest BCUT2D eigenvalue weighted by atomic mass is 10.0. The number of hydrogen-bond donors (Lipinski definition) is 2. The number of fused-ring (bicyclic) bond motifs is 1. The van der Waals surface area contributed by atoms with Gasteiger partial charge >= 0.3 is 0 Å². The minimum Gasteiger partial charge on any atom is -0.346 e. The van der Waals surface area contributed by atoms with E-state index in [9.17, 15) is 0 Å². The van der Waals surface area contributed by atoms with Gasteiger partial charge in [-0.15, -0.1) is 0 Å². The number of aromatic amines is 1. The van der Waals surface area contributed by atoms with E-state index >= 15 is 0 Å². The summed E-state index contributed by atoms with van der Waals surface area (Å²) in [6.07, 6.45) is 6.77. The molecule has 0 saturated heterocycles. The number of hydrogen-bond acceptors (Lipinski definition) is 3. The quantitative estimate of drug-likeness (QED) is 0.730.